The smallest absolute Gasteiger partial charge is 0.280 e. The van der Waals surface area contributed by atoms with Crippen molar-refractivity contribution in [3.05, 3.63) is 16.7 Å². The zero-order valence-corrected chi connectivity index (χ0v) is 29.8. The number of rotatable bonds is 22. The normalized spacial score (nSPS) is 19.3. The van der Waals surface area contributed by atoms with Crippen LogP contribution < -0.4 is 11.3 Å². The van der Waals surface area contributed by atoms with E-state index >= 15 is 0 Å². The minimum absolute atomic E-state index is 0.0670. The molecule has 1 saturated heterocycles. The second kappa shape index (κ2) is 19.1. The summed E-state index contributed by atoms with van der Waals surface area (Å²) in [6.07, 6.45) is 17.3. The molecule has 2 aromatic rings. The highest BCUT2D eigenvalue weighted by Gasteiger charge is 2.40. The molecule has 244 valence electrons. The lowest BCUT2D eigenvalue weighted by molar-refractivity contribution is -0.0359. The van der Waals surface area contributed by atoms with Crippen molar-refractivity contribution >= 4 is 35.2 Å². The third kappa shape index (κ3) is 11.4. The SMILES string of the molecule is CCCCCCCC[Si](OC[C@H]1O[C@@H](n2cnc3c(=O)[nH]c(N)nc32)C[C@@H]1O[Si](CCCCCCCC)C(C)C)C(C)C. The number of anilines is 1. The fraction of sp³-hybridized carbons (Fsp3) is 0.844. The van der Waals surface area contributed by atoms with Crippen LogP contribution in [0.3, 0.4) is 0 Å². The summed E-state index contributed by atoms with van der Waals surface area (Å²) >= 11 is 0. The number of nitrogens with one attached hydrogen (secondary N) is 1. The lowest BCUT2D eigenvalue weighted by Crippen LogP contribution is -2.37. The monoisotopic (exact) mass is 633 g/mol. The minimum Gasteiger partial charge on any atom is -0.414 e. The summed E-state index contributed by atoms with van der Waals surface area (Å²) in [7, 11) is -2.01. The molecule has 0 bridgehead atoms. The highest BCUT2D eigenvalue weighted by molar-refractivity contribution is 6.53. The van der Waals surface area contributed by atoms with Crippen LogP contribution in [0.1, 0.15) is 131 Å². The van der Waals surface area contributed by atoms with E-state index in [1.807, 2.05) is 4.57 Å². The van der Waals surface area contributed by atoms with E-state index in [4.69, 9.17) is 19.3 Å². The Morgan fingerprint density at radius 3 is 2.14 bits per heavy atom. The summed E-state index contributed by atoms with van der Waals surface area (Å²) in [5.41, 5.74) is 7.32. The van der Waals surface area contributed by atoms with Gasteiger partial charge < -0.3 is 19.3 Å². The maximum atomic E-state index is 12.4. The van der Waals surface area contributed by atoms with E-state index in [1.54, 1.807) is 6.33 Å². The van der Waals surface area contributed by atoms with Gasteiger partial charge in [-0.1, -0.05) is 119 Å². The molecule has 1 fully saturated rings. The average molecular weight is 634 g/mol. The van der Waals surface area contributed by atoms with E-state index in [0.717, 1.165) is 6.04 Å². The molecule has 0 spiro atoms. The van der Waals surface area contributed by atoms with E-state index < -0.39 is 18.1 Å². The Balaban J connectivity index is 1.70. The van der Waals surface area contributed by atoms with Crippen molar-refractivity contribution in [3.8, 4) is 0 Å². The summed E-state index contributed by atoms with van der Waals surface area (Å²) in [6.45, 7) is 14.3. The van der Waals surface area contributed by atoms with Gasteiger partial charge in [-0.25, -0.2) is 4.98 Å². The molecule has 3 heterocycles. The summed E-state index contributed by atoms with van der Waals surface area (Å²) in [5.74, 6) is 0.0769. The molecule has 0 aliphatic carbocycles. The topological polar surface area (TPSA) is 117 Å². The van der Waals surface area contributed by atoms with Crippen LogP contribution in [0.4, 0.5) is 5.95 Å². The number of nitrogens with two attached hydrogens (primary N) is 1. The molecule has 2 radical (unpaired) electrons. The van der Waals surface area contributed by atoms with Crippen molar-refractivity contribution in [2.75, 3.05) is 12.3 Å². The molecule has 3 atom stereocenters. The molecule has 0 unspecified atom stereocenters. The molecular weight excluding hydrogens is 575 g/mol. The number of aromatic amines is 1. The van der Waals surface area contributed by atoms with Crippen molar-refractivity contribution in [1.82, 2.24) is 19.5 Å². The first-order valence-electron chi connectivity index (χ1n) is 17.1. The fourth-order valence-electron chi connectivity index (χ4n) is 5.85. The number of ether oxygens (including phenoxy) is 1. The standard InChI is InChI=1S/C32H59N5O4Si2/c1-7-9-11-13-15-17-19-42(24(3)4)39-22-27-26(41-43(25(5)6)20-18-16-14-12-10-8-2)21-28(40-27)37-23-34-29-30(37)35-32(33)36-31(29)38/h23-28H,7-22H2,1-6H3,(H3,33,35,36,38)/t26-,27+,28+/m0/s1. The molecule has 11 heteroatoms. The predicted octanol–water partition coefficient (Wildman–Crippen LogP) is 7.92. The molecule has 0 saturated carbocycles. The summed E-state index contributed by atoms with van der Waals surface area (Å²) in [6, 6.07) is 2.33. The number of hydrogen-bond acceptors (Lipinski definition) is 7. The number of imidazole rings is 1. The number of nitrogens with zero attached hydrogens (tertiary/aromatic N) is 3. The number of unbranched alkanes of at least 4 members (excludes halogenated alkanes) is 10. The van der Waals surface area contributed by atoms with Gasteiger partial charge in [0, 0.05) is 6.42 Å². The highest BCUT2D eigenvalue weighted by atomic mass is 28.3. The van der Waals surface area contributed by atoms with Gasteiger partial charge >= 0.3 is 0 Å². The van der Waals surface area contributed by atoms with Crippen molar-refractivity contribution in [3.63, 3.8) is 0 Å². The first kappa shape index (κ1) is 35.9. The molecule has 0 aromatic carbocycles. The molecular formula is C32H59N5O4Si2. The lowest BCUT2D eigenvalue weighted by atomic mass is 10.1. The molecule has 3 N–H and O–H groups in total. The molecule has 2 aromatic heterocycles. The Labute approximate surface area is 263 Å². The van der Waals surface area contributed by atoms with Gasteiger partial charge in [0.25, 0.3) is 5.56 Å². The molecule has 0 amide bonds. The van der Waals surface area contributed by atoms with Crippen molar-refractivity contribution in [2.45, 2.75) is 167 Å². The Kier molecular flexibility index (Phi) is 15.9. The molecule has 1 aliphatic heterocycles. The van der Waals surface area contributed by atoms with Gasteiger partial charge in [0.2, 0.25) is 24.0 Å². The number of H-pyrrole nitrogens is 1. The predicted molar refractivity (Wildman–Crippen MR) is 180 cm³/mol. The van der Waals surface area contributed by atoms with Crippen molar-refractivity contribution in [1.29, 1.82) is 0 Å². The summed E-state index contributed by atoms with van der Waals surface area (Å²) < 4.78 is 22.2. The van der Waals surface area contributed by atoms with Gasteiger partial charge in [-0.15, -0.1) is 0 Å². The number of hydrogen-bond donors (Lipinski definition) is 2. The van der Waals surface area contributed by atoms with Crippen LogP contribution in [0.5, 0.6) is 0 Å². The van der Waals surface area contributed by atoms with Crippen LogP contribution in [0, 0.1) is 0 Å². The minimum atomic E-state index is -1.04. The van der Waals surface area contributed by atoms with Gasteiger partial charge in [0.15, 0.2) is 11.2 Å². The number of fused-ring (bicyclic) bond motifs is 1. The second-order valence-corrected chi connectivity index (χ2v) is 18.6. The molecule has 1 aliphatic rings. The first-order valence-corrected chi connectivity index (χ1v) is 20.5. The van der Waals surface area contributed by atoms with E-state index in [9.17, 15) is 4.79 Å². The van der Waals surface area contributed by atoms with Crippen molar-refractivity contribution < 1.29 is 13.6 Å². The zero-order chi connectivity index (χ0) is 31.2. The summed E-state index contributed by atoms with van der Waals surface area (Å²) in [5, 5.41) is 0. The maximum absolute atomic E-state index is 12.4. The van der Waals surface area contributed by atoms with Gasteiger partial charge in [-0.3, -0.25) is 14.3 Å². The van der Waals surface area contributed by atoms with Crippen LogP contribution in [-0.4, -0.2) is 56.4 Å². The second-order valence-electron chi connectivity index (χ2n) is 12.9. The van der Waals surface area contributed by atoms with E-state index in [-0.39, 0.29) is 35.5 Å². The van der Waals surface area contributed by atoms with Crippen LogP contribution in [-0.2, 0) is 13.6 Å². The Morgan fingerprint density at radius 1 is 0.953 bits per heavy atom. The Bertz CT molecular complexity index is 1110. The van der Waals surface area contributed by atoms with Crippen molar-refractivity contribution in [2.24, 2.45) is 0 Å². The lowest BCUT2D eigenvalue weighted by Gasteiger charge is -2.28. The largest absolute Gasteiger partial charge is 0.414 e. The third-order valence-corrected chi connectivity index (χ3v) is 13.9. The molecule has 43 heavy (non-hydrogen) atoms. The van der Waals surface area contributed by atoms with E-state index in [0.29, 0.717) is 29.8 Å². The summed E-state index contributed by atoms with van der Waals surface area (Å²) in [4.78, 5) is 23.7. The van der Waals surface area contributed by atoms with Gasteiger partial charge in [0.05, 0.1) is 19.0 Å². The van der Waals surface area contributed by atoms with Gasteiger partial charge in [-0.2, -0.15) is 4.98 Å². The van der Waals surface area contributed by atoms with Crippen LogP contribution in [0.2, 0.25) is 23.2 Å². The molecule has 3 rings (SSSR count). The average Bonchev–Trinajstić information content (AvgIpc) is 3.57. The zero-order valence-electron chi connectivity index (χ0n) is 27.8. The highest BCUT2D eigenvalue weighted by Crippen LogP contribution is 2.35. The number of aromatic nitrogens is 4. The van der Waals surface area contributed by atoms with Gasteiger partial charge in [0.1, 0.15) is 12.3 Å². The van der Waals surface area contributed by atoms with Gasteiger partial charge in [-0.05, 0) is 23.2 Å². The third-order valence-electron chi connectivity index (χ3n) is 8.52. The Morgan fingerprint density at radius 2 is 1.53 bits per heavy atom. The quantitative estimate of drug-likeness (QED) is 0.0999. The first-order chi connectivity index (χ1) is 20.7. The van der Waals surface area contributed by atoms with E-state index in [1.165, 1.54) is 83.1 Å². The van der Waals surface area contributed by atoms with Crippen LogP contribution >= 0.6 is 0 Å². The van der Waals surface area contributed by atoms with Crippen LogP contribution in [0.25, 0.3) is 11.2 Å². The molecule has 9 nitrogen and oxygen atoms in total. The number of nitrogen functional groups attached to an aromatic ring is 1. The van der Waals surface area contributed by atoms with Crippen LogP contribution in [0.15, 0.2) is 11.1 Å². The fourth-order valence-corrected chi connectivity index (χ4v) is 10.1. The van der Waals surface area contributed by atoms with E-state index in [2.05, 4.69) is 56.5 Å². The maximum Gasteiger partial charge on any atom is 0.280 e. The Hall–Kier alpha value is -1.54.